The van der Waals surface area contributed by atoms with E-state index in [-0.39, 0.29) is 0 Å². The number of hydrogen-bond acceptors (Lipinski definition) is 2. The second kappa shape index (κ2) is 9.92. The lowest BCUT2D eigenvalue weighted by atomic mass is 10.2. The Morgan fingerprint density at radius 2 is 1.84 bits per heavy atom. The van der Waals surface area contributed by atoms with Crippen molar-refractivity contribution in [2.24, 2.45) is 0 Å². The molecule has 0 aliphatic rings. The van der Waals surface area contributed by atoms with Crippen molar-refractivity contribution in [2.75, 3.05) is 6.26 Å². The van der Waals surface area contributed by atoms with Gasteiger partial charge < -0.3 is 0 Å². The average Bonchev–Trinajstić information content (AvgIpc) is 2.33. The van der Waals surface area contributed by atoms with E-state index >= 15 is 0 Å². The van der Waals surface area contributed by atoms with Crippen LogP contribution in [-0.4, -0.2) is 19.2 Å². The normalized spacial score (nSPS) is 10.7. The van der Waals surface area contributed by atoms with Gasteiger partial charge in [-0.05, 0) is 18.9 Å². The summed E-state index contributed by atoms with van der Waals surface area (Å²) < 4.78 is 28.2. The standard InChI is InChI=1S/C13H22N.CH4O3S/c1-3-5-6-7-10-14-11-8-9-13(4-2)12-14;1-5(2,3)4/h8-9,11-12H,3-7,10H2,1-2H3;1H3,(H,2,3,4)/q+1;. The van der Waals surface area contributed by atoms with Gasteiger partial charge >= 0.3 is 0 Å². The van der Waals surface area contributed by atoms with Crippen molar-refractivity contribution in [3.8, 4) is 0 Å². The summed E-state index contributed by atoms with van der Waals surface area (Å²) >= 11 is 0. The first kappa shape index (κ1) is 18.1. The summed E-state index contributed by atoms with van der Waals surface area (Å²) in [5.74, 6) is 0. The fourth-order valence-corrected chi connectivity index (χ4v) is 1.65. The zero-order valence-electron chi connectivity index (χ0n) is 12.2. The minimum atomic E-state index is -3.67. The molecule has 0 radical (unpaired) electrons. The van der Waals surface area contributed by atoms with Crippen LogP contribution in [0.4, 0.5) is 0 Å². The highest BCUT2D eigenvalue weighted by atomic mass is 32.2. The number of pyridine rings is 1. The molecule has 0 aromatic carbocycles. The van der Waals surface area contributed by atoms with Crippen molar-refractivity contribution in [2.45, 2.75) is 52.5 Å². The lowest BCUT2D eigenvalue weighted by Crippen LogP contribution is -2.33. The van der Waals surface area contributed by atoms with Crippen LogP contribution in [0.5, 0.6) is 0 Å². The fraction of sp³-hybridized carbons (Fsp3) is 0.643. The predicted molar refractivity (Wildman–Crippen MR) is 77.6 cm³/mol. The van der Waals surface area contributed by atoms with Crippen LogP contribution in [-0.2, 0) is 23.1 Å². The van der Waals surface area contributed by atoms with E-state index in [0.29, 0.717) is 6.26 Å². The Balaban J connectivity index is 0.000000555. The lowest BCUT2D eigenvalue weighted by Gasteiger charge is -1.98. The SMILES string of the molecule is CCCCCC[n+]1cccc(CC)c1.CS(=O)(=O)O. The van der Waals surface area contributed by atoms with Gasteiger partial charge in [0.05, 0.1) is 6.26 Å². The first-order valence-electron chi connectivity index (χ1n) is 6.77. The van der Waals surface area contributed by atoms with Gasteiger partial charge in [-0.2, -0.15) is 8.42 Å². The summed E-state index contributed by atoms with van der Waals surface area (Å²) in [4.78, 5) is 0. The molecule has 1 N–H and O–H groups in total. The number of aromatic nitrogens is 1. The Morgan fingerprint density at radius 3 is 2.37 bits per heavy atom. The van der Waals surface area contributed by atoms with Gasteiger partial charge in [-0.25, -0.2) is 4.57 Å². The number of rotatable bonds is 6. The third kappa shape index (κ3) is 13.3. The summed E-state index contributed by atoms with van der Waals surface area (Å²) in [5.41, 5.74) is 1.43. The van der Waals surface area contributed by atoms with Gasteiger partial charge in [-0.15, -0.1) is 0 Å². The summed E-state index contributed by atoms with van der Waals surface area (Å²) in [6.07, 6.45) is 11.7. The second-order valence-electron chi connectivity index (χ2n) is 4.60. The molecule has 0 fully saturated rings. The van der Waals surface area contributed by atoms with Gasteiger partial charge in [-0.1, -0.05) is 26.7 Å². The van der Waals surface area contributed by atoms with Crippen LogP contribution in [0, 0.1) is 0 Å². The molecule has 0 bridgehead atoms. The lowest BCUT2D eigenvalue weighted by molar-refractivity contribution is -0.697. The van der Waals surface area contributed by atoms with E-state index in [4.69, 9.17) is 4.55 Å². The maximum atomic E-state index is 9.19. The Bertz CT molecular complexity index is 436. The van der Waals surface area contributed by atoms with Crippen LogP contribution in [0.25, 0.3) is 0 Å². The first-order chi connectivity index (χ1) is 8.86. The predicted octanol–water partition coefficient (Wildman–Crippen LogP) is 2.62. The molecule has 0 aliphatic carbocycles. The first-order valence-corrected chi connectivity index (χ1v) is 8.62. The van der Waals surface area contributed by atoms with Crippen molar-refractivity contribution >= 4 is 10.1 Å². The van der Waals surface area contributed by atoms with Crippen molar-refractivity contribution in [3.05, 3.63) is 30.1 Å². The highest BCUT2D eigenvalue weighted by Gasteiger charge is 2.00. The van der Waals surface area contributed by atoms with Crippen LogP contribution in [0.3, 0.4) is 0 Å². The van der Waals surface area contributed by atoms with E-state index in [0.717, 1.165) is 6.42 Å². The van der Waals surface area contributed by atoms with Gasteiger partial charge in [0.1, 0.15) is 6.54 Å². The van der Waals surface area contributed by atoms with E-state index in [2.05, 4.69) is 42.9 Å². The van der Waals surface area contributed by atoms with E-state index in [9.17, 15) is 8.42 Å². The van der Waals surface area contributed by atoms with Gasteiger partial charge in [0, 0.05) is 18.1 Å². The minimum absolute atomic E-state index is 0.715. The quantitative estimate of drug-likeness (QED) is 0.497. The van der Waals surface area contributed by atoms with Gasteiger partial charge in [-0.3, -0.25) is 4.55 Å². The molecule has 0 aliphatic heterocycles. The third-order valence-electron chi connectivity index (χ3n) is 2.60. The highest BCUT2D eigenvalue weighted by Crippen LogP contribution is 1.99. The second-order valence-corrected chi connectivity index (χ2v) is 6.06. The Hall–Kier alpha value is -0.940. The Labute approximate surface area is 117 Å². The molecule has 1 aromatic rings. The third-order valence-corrected chi connectivity index (χ3v) is 2.60. The topological polar surface area (TPSA) is 58.2 Å². The van der Waals surface area contributed by atoms with Crippen molar-refractivity contribution in [1.82, 2.24) is 0 Å². The zero-order valence-corrected chi connectivity index (χ0v) is 13.0. The number of nitrogens with zero attached hydrogens (tertiary/aromatic N) is 1. The van der Waals surface area contributed by atoms with Crippen LogP contribution in [0.15, 0.2) is 24.5 Å². The zero-order chi connectivity index (χ0) is 14.7. The van der Waals surface area contributed by atoms with Gasteiger partial charge in [0.25, 0.3) is 10.1 Å². The molecule has 4 nitrogen and oxygen atoms in total. The molecule has 1 heterocycles. The van der Waals surface area contributed by atoms with Crippen molar-refractivity contribution in [1.29, 1.82) is 0 Å². The summed E-state index contributed by atoms with van der Waals surface area (Å²) in [6, 6.07) is 4.35. The molecule has 0 saturated carbocycles. The number of aryl methyl sites for hydroxylation is 2. The summed E-state index contributed by atoms with van der Waals surface area (Å²) in [5, 5.41) is 0. The van der Waals surface area contributed by atoms with Crippen molar-refractivity contribution in [3.63, 3.8) is 0 Å². The summed E-state index contributed by atoms with van der Waals surface area (Å²) in [6.45, 7) is 5.63. The monoisotopic (exact) mass is 288 g/mol. The van der Waals surface area contributed by atoms with Crippen LogP contribution in [0.2, 0.25) is 0 Å². The van der Waals surface area contributed by atoms with Gasteiger partial charge in [0.15, 0.2) is 12.4 Å². The largest absolute Gasteiger partial charge is 0.286 e. The smallest absolute Gasteiger partial charge is 0.261 e. The van der Waals surface area contributed by atoms with Crippen LogP contribution < -0.4 is 4.57 Å². The van der Waals surface area contributed by atoms with E-state index in [1.165, 1.54) is 37.8 Å². The molecule has 1 rings (SSSR count). The molecule has 5 heteroatoms. The van der Waals surface area contributed by atoms with Crippen molar-refractivity contribution < 1.29 is 17.5 Å². The molecule has 0 saturated heterocycles. The van der Waals surface area contributed by atoms with E-state index < -0.39 is 10.1 Å². The summed E-state index contributed by atoms with van der Waals surface area (Å²) in [7, 11) is -3.67. The van der Waals surface area contributed by atoms with E-state index in [1.807, 2.05) is 0 Å². The van der Waals surface area contributed by atoms with Gasteiger partial charge in [0.2, 0.25) is 0 Å². The Kier molecular flexibility index (Phi) is 9.43. The number of unbranched alkanes of at least 4 members (excludes halogenated alkanes) is 3. The van der Waals surface area contributed by atoms with Crippen LogP contribution in [0.1, 0.15) is 45.1 Å². The highest BCUT2D eigenvalue weighted by molar-refractivity contribution is 7.85. The average molecular weight is 288 g/mol. The molecule has 0 atom stereocenters. The van der Waals surface area contributed by atoms with Crippen LogP contribution >= 0.6 is 0 Å². The molecule has 1 aromatic heterocycles. The van der Waals surface area contributed by atoms with E-state index in [1.54, 1.807) is 0 Å². The molecule has 0 unspecified atom stereocenters. The minimum Gasteiger partial charge on any atom is -0.286 e. The molecular formula is C14H26NO3S+. The molecule has 19 heavy (non-hydrogen) atoms. The fourth-order valence-electron chi connectivity index (χ4n) is 1.65. The Morgan fingerprint density at radius 1 is 1.21 bits per heavy atom. The maximum absolute atomic E-state index is 9.19. The maximum Gasteiger partial charge on any atom is 0.261 e. The molecule has 110 valence electrons. The molecular weight excluding hydrogens is 262 g/mol. The number of hydrogen-bond donors (Lipinski definition) is 1. The molecule has 0 spiro atoms. The molecule has 0 amide bonds.